The van der Waals surface area contributed by atoms with E-state index in [-0.39, 0.29) is 6.61 Å². The van der Waals surface area contributed by atoms with Gasteiger partial charge in [-0.3, -0.25) is 13.6 Å². The van der Waals surface area contributed by atoms with Gasteiger partial charge in [-0.05, 0) is 6.42 Å². The number of phosphoric ester groups is 1. The van der Waals surface area contributed by atoms with Crippen LogP contribution in [0.5, 0.6) is 0 Å². The molecule has 0 spiro atoms. The van der Waals surface area contributed by atoms with E-state index >= 15 is 0 Å². The van der Waals surface area contributed by atoms with Crippen LogP contribution in [0.25, 0.3) is 11.2 Å². The molecule has 26 heavy (non-hydrogen) atoms. The van der Waals surface area contributed by atoms with Gasteiger partial charge in [-0.25, -0.2) is 19.5 Å². The molecule has 0 saturated carbocycles. The summed E-state index contributed by atoms with van der Waals surface area (Å²) in [5.41, 5.74) is 1.04. The fourth-order valence-electron chi connectivity index (χ4n) is 3.12. The molecule has 5 unspecified atom stereocenters. The Bertz CT molecular complexity index is 846. The number of hydrogen-bond acceptors (Lipinski definition) is 9. The number of hydrogen-bond donors (Lipinski definition) is 3. The van der Waals surface area contributed by atoms with Crippen LogP contribution in [-0.4, -0.2) is 61.0 Å². The zero-order chi connectivity index (χ0) is 18.3. The molecule has 0 radical (unpaired) electrons. The van der Waals surface area contributed by atoms with Gasteiger partial charge < -0.3 is 20.1 Å². The van der Waals surface area contributed by atoms with Crippen molar-refractivity contribution in [2.75, 3.05) is 18.5 Å². The Kier molecular flexibility index (Phi) is 4.68. The van der Waals surface area contributed by atoms with Gasteiger partial charge in [-0.1, -0.05) is 13.3 Å². The molecule has 12 heteroatoms. The molecule has 2 aliphatic heterocycles. The highest BCUT2D eigenvalue weighted by molar-refractivity contribution is 7.47. The van der Waals surface area contributed by atoms with Gasteiger partial charge in [0.2, 0.25) is 0 Å². The lowest BCUT2D eigenvalue weighted by Gasteiger charge is -2.27. The van der Waals surface area contributed by atoms with Crippen molar-refractivity contribution in [1.82, 2.24) is 19.5 Å². The first-order chi connectivity index (χ1) is 12.5. The Morgan fingerprint density at radius 3 is 3.08 bits per heavy atom. The first kappa shape index (κ1) is 17.8. The molecule has 0 aromatic carbocycles. The lowest BCUT2D eigenvalue weighted by Crippen LogP contribution is -2.39. The van der Waals surface area contributed by atoms with Crippen LogP contribution < -0.4 is 5.32 Å². The van der Waals surface area contributed by atoms with Crippen molar-refractivity contribution in [3.8, 4) is 0 Å². The first-order valence-electron chi connectivity index (χ1n) is 8.41. The maximum atomic E-state index is 11.6. The molecule has 2 aromatic rings. The average Bonchev–Trinajstić information content (AvgIpc) is 3.17. The summed E-state index contributed by atoms with van der Waals surface area (Å²) < 4.78 is 28.7. The fourth-order valence-corrected chi connectivity index (χ4v) is 4.08. The Balaban J connectivity index is 1.61. The van der Waals surface area contributed by atoms with E-state index in [4.69, 9.17) is 13.8 Å². The predicted octanol–water partition coefficient (Wildman–Crippen LogP) is 0.812. The van der Waals surface area contributed by atoms with E-state index < -0.39 is 32.4 Å². The summed E-state index contributed by atoms with van der Waals surface area (Å²) in [7, 11) is -4.17. The molecule has 0 aliphatic carbocycles. The molecular formula is C14H20N5O6P. The second-order valence-electron chi connectivity index (χ2n) is 6.22. The van der Waals surface area contributed by atoms with Crippen LogP contribution in [0.2, 0.25) is 0 Å². The fraction of sp³-hybridized carbons (Fsp3) is 0.643. The monoisotopic (exact) mass is 385 g/mol. The third-order valence-corrected chi connectivity index (χ3v) is 5.41. The van der Waals surface area contributed by atoms with Crippen molar-refractivity contribution in [3.63, 3.8) is 0 Å². The number of nitrogens with zero attached hydrogens (tertiary/aromatic N) is 4. The molecule has 11 nitrogen and oxygen atoms in total. The van der Waals surface area contributed by atoms with E-state index in [2.05, 4.69) is 27.2 Å². The maximum Gasteiger partial charge on any atom is 0.472 e. The Hall–Kier alpha value is -1.62. The summed E-state index contributed by atoms with van der Waals surface area (Å²) in [6, 6.07) is 0. The number of ether oxygens (including phenoxy) is 1. The van der Waals surface area contributed by atoms with Crippen LogP contribution >= 0.6 is 7.82 Å². The lowest BCUT2D eigenvalue weighted by atomic mass is 10.1. The predicted molar refractivity (Wildman–Crippen MR) is 89.3 cm³/mol. The largest absolute Gasteiger partial charge is 0.472 e. The van der Waals surface area contributed by atoms with E-state index in [1.54, 1.807) is 4.57 Å². The maximum absolute atomic E-state index is 11.6. The van der Waals surface area contributed by atoms with Crippen molar-refractivity contribution < 1.29 is 28.3 Å². The van der Waals surface area contributed by atoms with Crippen LogP contribution in [0, 0.1) is 0 Å². The third kappa shape index (κ3) is 3.11. The van der Waals surface area contributed by atoms with Gasteiger partial charge in [0.15, 0.2) is 23.2 Å². The molecule has 2 aliphatic rings. The molecule has 5 atom stereocenters. The van der Waals surface area contributed by atoms with E-state index in [9.17, 15) is 14.6 Å². The number of nitrogens with one attached hydrogen (secondary N) is 1. The van der Waals surface area contributed by atoms with Gasteiger partial charge in [-0.15, -0.1) is 0 Å². The van der Waals surface area contributed by atoms with Gasteiger partial charge in [0.25, 0.3) is 0 Å². The number of imidazole rings is 1. The Morgan fingerprint density at radius 1 is 1.42 bits per heavy atom. The summed E-state index contributed by atoms with van der Waals surface area (Å²) in [4.78, 5) is 22.2. The summed E-state index contributed by atoms with van der Waals surface area (Å²) in [6.07, 6.45) is 1.29. The summed E-state index contributed by atoms with van der Waals surface area (Å²) >= 11 is 0. The van der Waals surface area contributed by atoms with Crippen LogP contribution in [0.4, 0.5) is 5.82 Å². The normalized spacial score (nSPS) is 34.1. The van der Waals surface area contributed by atoms with Crippen molar-refractivity contribution in [3.05, 3.63) is 12.7 Å². The standard InChI is InChI=1S/C14H20N5O6P/c1-2-3-4-15-12-9-13(17-6-16-12)19(7-18-9)14-10(20)11-8(24-14)5-23-26(21,22)25-11/h6-8,10-11,14,20H,2-5H2,1H3,(H,21,22)(H,15,16,17). The highest BCUT2D eigenvalue weighted by atomic mass is 31.2. The molecule has 2 saturated heterocycles. The number of rotatable bonds is 5. The number of phosphoric acid groups is 1. The summed E-state index contributed by atoms with van der Waals surface area (Å²) in [6.45, 7) is 2.72. The third-order valence-electron chi connectivity index (χ3n) is 4.42. The molecule has 3 N–H and O–H groups in total. The molecule has 0 bridgehead atoms. The topological polar surface area (TPSA) is 141 Å². The lowest BCUT2D eigenvalue weighted by molar-refractivity contribution is -0.0664. The van der Waals surface area contributed by atoms with Crippen molar-refractivity contribution >= 4 is 24.8 Å². The SMILES string of the molecule is CCCCNc1ncnc2c1ncn2C1OC2COP(=O)(O)OC2C1O. The average molecular weight is 385 g/mol. The highest BCUT2D eigenvalue weighted by Crippen LogP contribution is 2.52. The number of aromatic nitrogens is 4. The van der Waals surface area contributed by atoms with E-state index in [1.807, 2.05) is 0 Å². The molecular weight excluding hydrogens is 365 g/mol. The molecule has 4 rings (SSSR count). The first-order valence-corrected chi connectivity index (χ1v) is 9.90. The molecule has 2 aromatic heterocycles. The molecule has 2 fully saturated rings. The summed E-state index contributed by atoms with van der Waals surface area (Å²) in [5, 5.41) is 13.8. The quantitative estimate of drug-likeness (QED) is 0.500. The number of aliphatic hydroxyl groups excluding tert-OH is 1. The second kappa shape index (κ2) is 6.84. The smallest absolute Gasteiger partial charge is 0.386 e. The number of aliphatic hydroxyl groups is 1. The molecule has 4 heterocycles. The van der Waals surface area contributed by atoms with Gasteiger partial charge in [-0.2, -0.15) is 0 Å². The minimum Gasteiger partial charge on any atom is -0.386 e. The number of fused-ring (bicyclic) bond motifs is 2. The van der Waals surface area contributed by atoms with E-state index in [1.165, 1.54) is 12.7 Å². The van der Waals surface area contributed by atoms with Gasteiger partial charge >= 0.3 is 7.82 Å². The minimum atomic E-state index is -4.17. The number of anilines is 1. The zero-order valence-corrected chi connectivity index (χ0v) is 15.0. The van der Waals surface area contributed by atoms with Gasteiger partial charge in [0, 0.05) is 6.54 Å². The van der Waals surface area contributed by atoms with Crippen molar-refractivity contribution in [2.24, 2.45) is 0 Å². The Labute approximate surface area is 148 Å². The van der Waals surface area contributed by atoms with Crippen LogP contribution in [0.3, 0.4) is 0 Å². The van der Waals surface area contributed by atoms with Crippen molar-refractivity contribution in [2.45, 2.75) is 44.3 Å². The van der Waals surface area contributed by atoms with Crippen molar-refractivity contribution in [1.29, 1.82) is 0 Å². The van der Waals surface area contributed by atoms with Gasteiger partial charge in [0.1, 0.15) is 24.6 Å². The number of unbranched alkanes of at least 4 members (excludes halogenated alkanes) is 1. The van der Waals surface area contributed by atoms with Crippen LogP contribution in [0.1, 0.15) is 26.0 Å². The Morgan fingerprint density at radius 2 is 2.27 bits per heavy atom. The second-order valence-corrected chi connectivity index (χ2v) is 7.62. The van der Waals surface area contributed by atoms with Gasteiger partial charge in [0.05, 0.1) is 12.9 Å². The zero-order valence-electron chi connectivity index (χ0n) is 14.1. The summed E-state index contributed by atoms with van der Waals surface area (Å²) in [5.74, 6) is 0.603. The highest BCUT2D eigenvalue weighted by Gasteiger charge is 2.52. The van der Waals surface area contributed by atoms with E-state index in [0.29, 0.717) is 17.0 Å². The molecule has 0 amide bonds. The van der Waals surface area contributed by atoms with E-state index in [0.717, 1.165) is 19.4 Å². The molecule has 142 valence electrons. The van der Waals surface area contributed by atoms with Crippen LogP contribution in [0.15, 0.2) is 12.7 Å². The van der Waals surface area contributed by atoms with Crippen LogP contribution in [-0.2, 0) is 18.3 Å². The minimum absolute atomic E-state index is 0.141.